The molecule has 0 radical (unpaired) electrons. The van der Waals surface area contributed by atoms with Gasteiger partial charge in [0.25, 0.3) is 11.6 Å². The molecule has 23 heavy (non-hydrogen) atoms. The minimum atomic E-state index is -0.559. The van der Waals surface area contributed by atoms with Gasteiger partial charge in [0.05, 0.1) is 21.2 Å². The van der Waals surface area contributed by atoms with Crippen molar-refractivity contribution < 1.29 is 9.72 Å². The van der Waals surface area contributed by atoms with Crippen molar-refractivity contribution >= 4 is 34.8 Å². The summed E-state index contributed by atoms with van der Waals surface area (Å²) in [4.78, 5) is 23.8. The number of hydrogen-bond acceptors (Lipinski definition) is 5. The van der Waals surface area contributed by atoms with Crippen LogP contribution in [0.1, 0.15) is 6.92 Å². The summed E-state index contributed by atoms with van der Waals surface area (Å²) in [5.41, 5.74) is 1.31. The molecule has 0 spiro atoms. The predicted octanol–water partition coefficient (Wildman–Crippen LogP) is 3.48. The van der Waals surface area contributed by atoms with E-state index in [9.17, 15) is 14.9 Å². The number of carbonyl (C=O) groups excluding carboxylic acids is 1. The van der Waals surface area contributed by atoms with Crippen LogP contribution >= 0.6 is 11.8 Å². The molecule has 7 heteroatoms. The van der Waals surface area contributed by atoms with Crippen molar-refractivity contribution in [2.75, 3.05) is 5.01 Å². The summed E-state index contributed by atoms with van der Waals surface area (Å²) < 4.78 is 0. The number of anilines is 1. The summed E-state index contributed by atoms with van der Waals surface area (Å²) in [6.07, 6.45) is 0. The zero-order chi connectivity index (χ0) is 16.4. The van der Waals surface area contributed by atoms with Crippen molar-refractivity contribution in [3.05, 3.63) is 64.7 Å². The Bertz CT molecular complexity index is 792. The molecule has 0 saturated heterocycles. The van der Waals surface area contributed by atoms with Crippen LogP contribution in [0, 0.1) is 10.1 Å². The van der Waals surface area contributed by atoms with E-state index >= 15 is 0 Å². The fraction of sp³-hybridized carbons (Fsp3) is 0.125. The number of benzene rings is 2. The lowest BCUT2D eigenvalue weighted by Crippen LogP contribution is -2.29. The Morgan fingerprint density at radius 1 is 1.13 bits per heavy atom. The first-order valence-electron chi connectivity index (χ1n) is 6.92. The summed E-state index contributed by atoms with van der Waals surface area (Å²) in [6.45, 7) is 1.76. The molecule has 2 aromatic carbocycles. The standard InChI is InChI=1S/C16H13N3O3S/c1-11-15(23-14-10-6-5-9-13(14)19(21)22)16(20)18(17-11)12-7-3-2-4-8-12/h2-10,15H,1H3. The number of nitrogens with zero attached hydrogens (tertiary/aromatic N) is 3. The zero-order valence-corrected chi connectivity index (χ0v) is 13.1. The van der Waals surface area contributed by atoms with E-state index in [2.05, 4.69) is 5.10 Å². The number of carbonyl (C=O) groups is 1. The fourth-order valence-corrected chi connectivity index (χ4v) is 3.37. The lowest BCUT2D eigenvalue weighted by Gasteiger charge is -2.14. The molecule has 1 heterocycles. The Hall–Kier alpha value is -2.67. The Morgan fingerprint density at radius 2 is 1.78 bits per heavy atom. The second-order valence-electron chi connectivity index (χ2n) is 4.95. The van der Waals surface area contributed by atoms with Gasteiger partial charge in [0.1, 0.15) is 5.25 Å². The average Bonchev–Trinajstić information content (AvgIpc) is 2.84. The molecule has 0 aromatic heterocycles. The fourth-order valence-electron chi connectivity index (χ4n) is 2.27. The van der Waals surface area contributed by atoms with Crippen molar-refractivity contribution in [3.8, 4) is 0 Å². The van der Waals surface area contributed by atoms with Crippen molar-refractivity contribution in [1.82, 2.24) is 0 Å². The lowest BCUT2D eigenvalue weighted by atomic mass is 10.3. The first-order valence-corrected chi connectivity index (χ1v) is 7.80. The molecule has 0 aliphatic carbocycles. The third-order valence-corrected chi connectivity index (χ3v) is 4.76. The lowest BCUT2D eigenvalue weighted by molar-refractivity contribution is -0.387. The second-order valence-corrected chi connectivity index (χ2v) is 6.10. The van der Waals surface area contributed by atoms with Gasteiger partial charge in [0, 0.05) is 6.07 Å². The first kappa shape index (κ1) is 15.2. The van der Waals surface area contributed by atoms with Crippen LogP contribution in [0.3, 0.4) is 0 Å². The Morgan fingerprint density at radius 3 is 2.48 bits per heavy atom. The summed E-state index contributed by atoms with van der Waals surface area (Å²) in [5.74, 6) is -0.197. The minimum absolute atomic E-state index is 0.00346. The maximum atomic E-state index is 12.6. The summed E-state index contributed by atoms with van der Waals surface area (Å²) in [7, 11) is 0. The average molecular weight is 327 g/mol. The monoisotopic (exact) mass is 327 g/mol. The molecular formula is C16H13N3O3S. The Labute approximate surface area is 137 Å². The largest absolute Gasteiger partial charge is 0.282 e. The number of hydrogen-bond donors (Lipinski definition) is 0. The van der Waals surface area contributed by atoms with E-state index in [4.69, 9.17) is 0 Å². The number of nitro groups is 1. The highest BCUT2D eigenvalue weighted by atomic mass is 32.2. The summed E-state index contributed by atoms with van der Waals surface area (Å²) >= 11 is 1.16. The van der Waals surface area contributed by atoms with E-state index < -0.39 is 10.2 Å². The highest BCUT2D eigenvalue weighted by Gasteiger charge is 2.36. The van der Waals surface area contributed by atoms with Gasteiger partial charge in [-0.1, -0.05) is 42.1 Å². The molecule has 3 rings (SSSR count). The zero-order valence-electron chi connectivity index (χ0n) is 12.2. The van der Waals surface area contributed by atoms with Crippen LogP contribution < -0.4 is 5.01 Å². The molecule has 1 amide bonds. The van der Waals surface area contributed by atoms with Crippen LogP contribution in [0.2, 0.25) is 0 Å². The first-order chi connectivity index (χ1) is 11.1. The number of hydrazone groups is 1. The van der Waals surface area contributed by atoms with E-state index in [1.807, 2.05) is 18.2 Å². The highest BCUT2D eigenvalue weighted by molar-refractivity contribution is 8.01. The van der Waals surface area contributed by atoms with Crippen molar-refractivity contribution in [1.29, 1.82) is 0 Å². The SMILES string of the molecule is CC1=NN(c2ccccc2)C(=O)C1Sc1ccccc1[N+](=O)[O-]. The van der Waals surface area contributed by atoms with Gasteiger partial charge in [0.15, 0.2) is 0 Å². The van der Waals surface area contributed by atoms with Gasteiger partial charge >= 0.3 is 0 Å². The molecule has 1 aliphatic heterocycles. The normalized spacial score (nSPS) is 17.3. The van der Waals surface area contributed by atoms with Crippen LogP contribution in [0.5, 0.6) is 0 Å². The molecule has 1 unspecified atom stereocenters. The smallest absolute Gasteiger partial charge is 0.271 e. The number of thioether (sulfide) groups is 1. The molecule has 1 atom stereocenters. The van der Waals surface area contributed by atoms with E-state index in [-0.39, 0.29) is 11.6 Å². The number of para-hydroxylation sites is 2. The highest BCUT2D eigenvalue weighted by Crippen LogP contribution is 2.36. The Balaban J connectivity index is 1.87. The number of amides is 1. The molecular weight excluding hydrogens is 314 g/mol. The third kappa shape index (κ3) is 2.95. The van der Waals surface area contributed by atoms with Gasteiger partial charge in [-0.3, -0.25) is 14.9 Å². The van der Waals surface area contributed by atoms with Gasteiger partial charge in [-0.2, -0.15) is 10.1 Å². The van der Waals surface area contributed by atoms with E-state index in [0.29, 0.717) is 16.3 Å². The molecule has 0 fully saturated rings. The van der Waals surface area contributed by atoms with Crippen molar-refractivity contribution in [3.63, 3.8) is 0 Å². The molecule has 0 saturated carbocycles. The summed E-state index contributed by atoms with van der Waals surface area (Å²) in [5, 5.41) is 16.2. The van der Waals surface area contributed by atoms with E-state index in [1.54, 1.807) is 37.3 Å². The van der Waals surface area contributed by atoms with Crippen molar-refractivity contribution in [2.24, 2.45) is 5.10 Å². The van der Waals surface area contributed by atoms with Crippen LogP contribution in [-0.4, -0.2) is 21.8 Å². The minimum Gasteiger partial charge on any atom is -0.271 e. The number of rotatable bonds is 4. The molecule has 1 aliphatic rings. The molecule has 0 bridgehead atoms. The maximum absolute atomic E-state index is 12.6. The molecule has 6 nitrogen and oxygen atoms in total. The van der Waals surface area contributed by atoms with E-state index in [1.165, 1.54) is 11.1 Å². The van der Waals surface area contributed by atoms with Crippen LogP contribution in [-0.2, 0) is 4.79 Å². The van der Waals surface area contributed by atoms with Crippen LogP contribution in [0.4, 0.5) is 11.4 Å². The molecule has 0 N–H and O–H groups in total. The van der Waals surface area contributed by atoms with Gasteiger partial charge < -0.3 is 0 Å². The third-order valence-electron chi connectivity index (χ3n) is 3.38. The molecule has 2 aromatic rings. The maximum Gasteiger partial charge on any atom is 0.282 e. The van der Waals surface area contributed by atoms with Gasteiger partial charge in [-0.05, 0) is 25.1 Å². The van der Waals surface area contributed by atoms with E-state index in [0.717, 1.165) is 11.8 Å². The molecule has 116 valence electrons. The van der Waals surface area contributed by atoms with Gasteiger partial charge in [-0.25, -0.2) is 0 Å². The topological polar surface area (TPSA) is 75.8 Å². The van der Waals surface area contributed by atoms with Gasteiger partial charge in [-0.15, -0.1) is 0 Å². The predicted molar refractivity (Wildman–Crippen MR) is 89.8 cm³/mol. The second kappa shape index (κ2) is 6.21. The number of nitro benzene ring substituents is 1. The quantitative estimate of drug-likeness (QED) is 0.636. The van der Waals surface area contributed by atoms with Gasteiger partial charge in [0.2, 0.25) is 0 Å². The van der Waals surface area contributed by atoms with Crippen molar-refractivity contribution in [2.45, 2.75) is 17.1 Å². The summed E-state index contributed by atoms with van der Waals surface area (Å²) in [6, 6.07) is 15.5. The van der Waals surface area contributed by atoms with Crippen LogP contribution in [0.25, 0.3) is 0 Å². The van der Waals surface area contributed by atoms with Crippen LogP contribution in [0.15, 0.2) is 64.6 Å². The Kier molecular flexibility index (Phi) is 4.12.